The summed E-state index contributed by atoms with van der Waals surface area (Å²) in [6, 6.07) is 13.0. The van der Waals surface area contributed by atoms with E-state index in [1.807, 2.05) is 29.2 Å². The second kappa shape index (κ2) is 9.45. The number of piperidine rings is 1. The van der Waals surface area contributed by atoms with Crippen molar-refractivity contribution in [2.45, 2.75) is 26.2 Å². The van der Waals surface area contributed by atoms with Crippen molar-refractivity contribution in [3.05, 3.63) is 53.6 Å². The second-order valence-electron chi connectivity index (χ2n) is 7.37. The van der Waals surface area contributed by atoms with Crippen LogP contribution < -0.4 is 14.8 Å². The molecule has 0 bridgehead atoms. The predicted octanol–water partition coefficient (Wildman–Crippen LogP) is 3.76. The summed E-state index contributed by atoms with van der Waals surface area (Å²) < 4.78 is 10.5. The first-order valence-corrected chi connectivity index (χ1v) is 9.88. The van der Waals surface area contributed by atoms with Gasteiger partial charge in [-0.05, 0) is 55.0 Å². The van der Waals surface area contributed by atoms with Crippen molar-refractivity contribution in [1.29, 1.82) is 0 Å². The molecule has 3 rings (SSSR count). The molecular formula is C23H28N2O4. The molecule has 1 aliphatic rings. The summed E-state index contributed by atoms with van der Waals surface area (Å²) in [6.07, 6.45) is 3.02. The number of rotatable bonds is 6. The number of likely N-dealkylation sites (tertiary alicyclic amines) is 1. The quantitative estimate of drug-likeness (QED) is 0.807. The van der Waals surface area contributed by atoms with E-state index in [0.29, 0.717) is 28.7 Å². The third kappa shape index (κ3) is 5.28. The molecule has 0 unspecified atom stereocenters. The Bertz CT molecular complexity index is 856. The molecule has 1 N–H and O–H groups in total. The maximum Gasteiger partial charge on any atom is 0.255 e. The van der Waals surface area contributed by atoms with E-state index in [4.69, 9.17) is 9.47 Å². The molecule has 0 aliphatic carbocycles. The number of amides is 2. The molecule has 1 heterocycles. The van der Waals surface area contributed by atoms with Gasteiger partial charge in [0, 0.05) is 31.6 Å². The number of hydrogen-bond acceptors (Lipinski definition) is 4. The fourth-order valence-electron chi connectivity index (χ4n) is 3.68. The van der Waals surface area contributed by atoms with Gasteiger partial charge in [-0.2, -0.15) is 0 Å². The fourth-order valence-corrected chi connectivity index (χ4v) is 3.68. The number of nitrogens with zero attached hydrogens (tertiary/aromatic N) is 1. The Morgan fingerprint density at radius 2 is 1.72 bits per heavy atom. The minimum Gasteiger partial charge on any atom is -0.497 e. The predicted molar refractivity (Wildman–Crippen MR) is 113 cm³/mol. The van der Waals surface area contributed by atoms with Gasteiger partial charge in [0.25, 0.3) is 5.91 Å². The molecule has 0 spiro atoms. The zero-order valence-corrected chi connectivity index (χ0v) is 17.2. The molecule has 6 heteroatoms. The molecule has 2 aromatic carbocycles. The van der Waals surface area contributed by atoms with Crippen LogP contribution in [0, 0.1) is 5.92 Å². The highest BCUT2D eigenvalue weighted by atomic mass is 16.5. The molecule has 0 aromatic heterocycles. The molecule has 0 radical (unpaired) electrons. The van der Waals surface area contributed by atoms with Crippen molar-refractivity contribution in [3.63, 3.8) is 0 Å². The second-order valence-corrected chi connectivity index (χ2v) is 7.37. The van der Waals surface area contributed by atoms with Gasteiger partial charge in [-0.15, -0.1) is 0 Å². The molecule has 1 aliphatic heterocycles. The van der Waals surface area contributed by atoms with Crippen LogP contribution in [0.25, 0.3) is 0 Å². The van der Waals surface area contributed by atoms with Crippen molar-refractivity contribution in [2.75, 3.05) is 32.6 Å². The van der Waals surface area contributed by atoms with Crippen molar-refractivity contribution < 1.29 is 19.1 Å². The van der Waals surface area contributed by atoms with Gasteiger partial charge >= 0.3 is 0 Å². The van der Waals surface area contributed by atoms with E-state index in [1.54, 1.807) is 39.3 Å². The van der Waals surface area contributed by atoms with E-state index in [-0.39, 0.29) is 11.8 Å². The average molecular weight is 396 g/mol. The standard InChI is InChI=1S/C23H28N2O4/c1-16(26)25-12-10-18(11-13-25)14-17-4-6-19(7-5-17)23(27)24-21-15-20(28-2)8-9-22(21)29-3/h4-9,15,18H,10-14H2,1-3H3,(H,24,27). The average Bonchev–Trinajstić information content (AvgIpc) is 2.74. The smallest absolute Gasteiger partial charge is 0.255 e. The Kier molecular flexibility index (Phi) is 6.75. The van der Waals surface area contributed by atoms with Gasteiger partial charge in [-0.3, -0.25) is 9.59 Å². The van der Waals surface area contributed by atoms with Gasteiger partial charge in [-0.25, -0.2) is 0 Å². The first-order valence-electron chi connectivity index (χ1n) is 9.88. The molecule has 2 amide bonds. The lowest BCUT2D eigenvalue weighted by molar-refractivity contribution is -0.130. The Morgan fingerprint density at radius 3 is 2.31 bits per heavy atom. The number of methoxy groups -OCH3 is 2. The van der Waals surface area contributed by atoms with Gasteiger partial charge in [0.15, 0.2) is 0 Å². The van der Waals surface area contributed by atoms with E-state index in [0.717, 1.165) is 32.4 Å². The van der Waals surface area contributed by atoms with E-state index in [1.165, 1.54) is 5.56 Å². The summed E-state index contributed by atoms with van der Waals surface area (Å²) in [5.41, 5.74) is 2.37. The lowest BCUT2D eigenvalue weighted by Gasteiger charge is -2.31. The zero-order valence-electron chi connectivity index (χ0n) is 17.2. The van der Waals surface area contributed by atoms with Crippen molar-refractivity contribution >= 4 is 17.5 Å². The summed E-state index contributed by atoms with van der Waals surface area (Å²) in [5.74, 6) is 1.76. The number of hydrogen-bond donors (Lipinski definition) is 1. The summed E-state index contributed by atoms with van der Waals surface area (Å²) in [6.45, 7) is 3.30. The number of benzene rings is 2. The monoisotopic (exact) mass is 396 g/mol. The van der Waals surface area contributed by atoms with Crippen molar-refractivity contribution in [2.24, 2.45) is 5.92 Å². The Balaban J connectivity index is 1.60. The summed E-state index contributed by atoms with van der Waals surface area (Å²) in [7, 11) is 3.14. The van der Waals surface area contributed by atoms with Crippen LogP contribution in [-0.2, 0) is 11.2 Å². The minimum atomic E-state index is -0.196. The van der Waals surface area contributed by atoms with Crippen molar-refractivity contribution in [1.82, 2.24) is 4.90 Å². The summed E-state index contributed by atoms with van der Waals surface area (Å²) in [4.78, 5) is 26.0. The Labute approximate surface area is 171 Å². The highest BCUT2D eigenvalue weighted by Gasteiger charge is 2.21. The number of ether oxygens (including phenoxy) is 2. The fraction of sp³-hybridized carbons (Fsp3) is 0.391. The third-order valence-corrected chi connectivity index (χ3v) is 5.46. The molecule has 0 atom stereocenters. The van der Waals surface area contributed by atoms with Crippen LogP contribution in [0.1, 0.15) is 35.7 Å². The maximum absolute atomic E-state index is 12.6. The lowest BCUT2D eigenvalue weighted by atomic mass is 9.90. The molecule has 0 saturated carbocycles. The molecular weight excluding hydrogens is 368 g/mol. The van der Waals surface area contributed by atoms with E-state index in [2.05, 4.69) is 5.32 Å². The normalized spacial score (nSPS) is 14.4. The van der Waals surface area contributed by atoms with Crippen LogP contribution in [-0.4, -0.2) is 44.0 Å². The van der Waals surface area contributed by atoms with Gasteiger partial charge < -0.3 is 19.7 Å². The van der Waals surface area contributed by atoms with Crippen LogP contribution in [0.2, 0.25) is 0 Å². The van der Waals surface area contributed by atoms with Crippen LogP contribution in [0.3, 0.4) is 0 Å². The number of anilines is 1. The topological polar surface area (TPSA) is 67.9 Å². The van der Waals surface area contributed by atoms with Gasteiger partial charge in [0.05, 0.1) is 19.9 Å². The minimum absolute atomic E-state index is 0.159. The first-order chi connectivity index (χ1) is 14.0. The Morgan fingerprint density at radius 1 is 1.03 bits per heavy atom. The van der Waals surface area contributed by atoms with Gasteiger partial charge in [0.2, 0.25) is 5.91 Å². The largest absolute Gasteiger partial charge is 0.497 e. The zero-order chi connectivity index (χ0) is 20.8. The first kappa shape index (κ1) is 20.7. The van der Waals surface area contributed by atoms with Gasteiger partial charge in [-0.1, -0.05) is 12.1 Å². The summed E-state index contributed by atoms with van der Waals surface area (Å²) >= 11 is 0. The molecule has 6 nitrogen and oxygen atoms in total. The third-order valence-electron chi connectivity index (χ3n) is 5.46. The van der Waals surface area contributed by atoms with Gasteiger partial charge in [0.1, 0.15) is 11.5 Å². The van der Waals surface area contributed by atoms with E-state index >= 15 is 0 Å². The highest BCUT2D eigenvalue weighted by Crippen LogP contribution is 2.29. The number of nitrogens with one attached hydrogen (secondary N) is 1. The SMILES string of the molecule is COc1ccc(OC)c(NC(=O)c2ccc(CC3CCN(C(C)=O)CC3)cc2)c1. The Hall–Kier alpha value is -3.02. The van der Waals surface area contributed by atoms with Crippen LogP contribution in [0.5, 0.6) is 11.5 Å². The van der Waals surface area contributed by atoms with Crippen LogP contribution in [0.4, 0.5) is 5.69 Å². The molecule has 29 heavy (non-hydrogen) atoms. The van der Waals surface area contributed by atoms with E-state index in [9.17, 15) is 9.59 Å². The van der Waals surface area contributed by atoms with E-state index < -0.39 is 0 Å². The van der Waals surface area contributed by atoms with Crippen molar-refractivity contribution in [3.8, 4) is 11.5 Å². The lowest BCUT2D eigenvalue weighted by Crippen LogP contribution is -2.37. The molecule has 1 saturated heterocycles. The molecule has 1 fully saturated rings. The molecule has 2 aromatic rings. The summed E-state index contributed by atoms with van der Waals surface area (Å²) in [5, 5.41) is 2.89. The van der Waals surface area contributed by atoms with Crippen LogP contribution in [0.15, 0.2) is 42.5 Å². The number of carbonyl (C=O) groups is 2. The maximum atomic E-state index is 12.6. The van der Waals surface area contributed by atoms with Crippen LogP contribution >= 0.6 is 0 Å². The number of carbonyl (C=O) groups excluding carboxylic acids is 2. The highest BCUT2D eigenvalue weighted by molar-refractivity contribution is 6.05. The molecule has 154 valence electrons.